The Bertz CT molecular complexity index is 709. The molecule has 21 heavy (non-hydrogen) atoms. The Morgan fingerprint density at radius 2 is 2.14 bits per heavy atom. The van der Waals surface area contributed by atoms with Crippen molar-refractivity contribution in [2.75, 3.05) is 5.32 Å². The second-order valence-electron chi connectivity index (χ2n) is 4.75. The largest absolute Gasteiger partial charge is 0.377 e. The van der Waals surface area contributed by atoms with Crippen LogP contribution in [-0.2, 0) is 0 Å². The van der Waals surface area contributed by atoms with Gasteiger partial charge in [0.2, 0.25) is 0 Å². The summed E-state index contributed by atoms with van der Waals surface area (Å²) in [5.41, 5.74) is 3.91. The van der Waals surface area contributed by atoms with Crippen molar-refractivity contribution in [2.24, 2.45) is 0 Å². The predicted octanol–water partition coefficient (Wildman–Crippen LogP) is 1.93. The van der Waals surface area contributed by atoms with E-state index in [1.807, 2.05) is 32.0 Å². The number of aryl methyl sites for hydroxylation is 1. The fourth-order valence-electron chi connectivity index (χ4n) is 2.08. The number of hydrogen-bond acceptors (Lipinski definition) is 6. The molecule has 7 heteroatoms. The molecule has 0 aliphatic rings. The minimum Gasteiger partial charge on any atom is -0.377 e. The van der Waals surface area contributed by atoms with Gasteiger partial charge in [0.25, 0.3) is 0 Å². The van der Waals surface area contributed by atoms with Crippen LogP contribution in [0.4, 0.5) is 5.69 Å². The molecule has 0 aliphatic heterocycles. The van der Waals surface area contributed by atoms with Crippen LogP contribution < -0.4 is 5.32 Å². The number of benzene rings is 1. The van der Waals surface area contributed by atoms with Gasteiger partial charge in [0, 0.05) is 18.1 Å². The van der Waals surface area contributed by atoms with Crippen LogP contribution >= 0.6 is 0 Å². The maximum Gasteiger partial charge on any atom is 0.143 e. The second kappa shape index (κ2) is 5.66. The summed E-state index contributed by atoms with van der Waals surface area (Å²) in [7, 11) is 0. The Morgan fingerprint density at radius 1 is 1.24 bits per heavy atom. The zero-order valence-electron chi connectivity index (χ0n) is 11.8. The smallest absolute Gasteiger partial charge is 0.143 e. The van der Waals surface area contributed by atoms with E-state index in [2.05, 4.69) is 30.8 Å². The van der Waals surface area contributed by atoms with E-state index in [1.165, 1.54) is 0 Å². The number of tetrazole rings is 1. The monoisotopic (exact) mass is 281 g/mol. The van der Waals surface area contributed by atoms with Gasteiger partial charge < -0.3 is 5.32 Å². The maximum atomic E-state index is 4.30. The third kappa shape index (κ3) is 2.86. The van der Waals surface area contributed by atoms with Crippen LogP contribution in [0.1, 0.15) is 24.2 Å². The van der Waals surface area contributed by atoms with Gasteiger partial charge >= 0.3 is 0 Å². The van der Waals surface area contributed by atoms with Crippen molar-refractivity contribution in [1.82, 2.24) is 30.2 Å². The van der Waals surface area contributed by atoms with E-state index in [0.717, 1.165) is 22.6 Å². The Balaban J connectivity index is 1.85. The van der Waals surface area contributed by atoms with Crippen LogP contribution in [0, 0.1) is 6.92 Å². The minimum absolute atomic E-state index is 0.0585. The van der Waals surface area contributed by atoms with E-state index in [9.17, 15) is 0 Å². The van der Waals surface area contributed by atoms with Crippen LogP contribution in [0.25, 0.3) is 5.69 Å². The molecule has 0 fully saturated rings. The van der Waals surface area contributed by atoms with E-state index in [4.69, 9.17) is 0 Å². The molecule has 1 atom stereocenters. The molecule has 0 amide bonds. The van der Waals surface area contributed by atoms with Gasteiger partial charge in [-0.15, -0.1) is 5.10 Å². The summed E-state index contributed by atoms with van der Waals surface area (Å²) < 4.78 is 1.65. The van der Waals surface area contributed by atoms with Crippen LogP contribution in [0.15, 0.2) is 43.1 Å². The van der Waals surface area contributed by atoms with Gasteiger partial charge in [0.1, 0.15) is 6.33 Å². The van der Waals surface area contributed by atoms with E-state index >= 15 is 0 Å². The number of rotatable bonds is 4. The molecule has 0 bridgehead atoms. The predicted molar refractivity (Wildman–Crippen MR) is 78.0 cm³/mol. The van der Waals surface area contributed by atoms with E-state index in [1.54, 1.807) is 29.6 Å². The molecule has 0 saturated carbocycles. The lowest BCUT2D eigenvalue weighted by atomic mass is 10.1. The standard InChI is InChI=1S/C14H15N7/c1-10-3-4-12(7-14(10)21-9-17-19-20-21)18-11(2)13-8-15-5-6-16-13/h3-9,11,18H,1-2H3. The Morgan fingerprint density at radius 3 is 2.86 bits per heavy atom. The Labute approximate surface area is 122 Å². The summed E-state index contributed by atoms with van der Waals surface area (Å²) in [4.78, 5) is 8.39. The van der Waals surface area contributed by atoms with Gasteiger partial charge in [-0.25, -0.2) is 4.68 Å². The first-order chi connectivity index (χ1) is 10.2. The molecular formula is C14H15N7. The lowest BCUT2D eigenvalue weighted by Gasteiger charge is -2.15. The number of anilines is 1. The third-order valence-electron chi connectivity index (χ3n) is 3.21. The molecular weight excluding hydrogens is 266 g/mol. The van der Waals surface area contributed by atoms with Crippen molar-refractivity contribution in [2.45, 2.75) is 19.9 Å². The first-order valence-corrected chi connectivity index (χ1v) is 6.60. The first kappa shape index (κ1) is 13.2. The first-order valence-electron chi connectivity index (χ1n) is 6.60. The quantitative estimate of drug-likeness (QED) is 0.787. The summed E-state index contributed by atoms with van der Waals surface area (Å²) in [6.07, 6.45) is 6.69. The van der Waals surface area contributed by atoms with Crippen molar-refractivity contribution < 1.29 is 0 Å². The molecule has 0 aliphatic carbocycles. The van der Waals surface area contributed by atoms with Crippen molar-refractivity contribution in [3.05, 3.63) is 54.4 Å². The van der Waals surface area contributed by atoms with Crippen LogP contribution in [-0.4, -0.2) is 30.2 Å². The van der Waals surface area contributed by atoms with E-state index in [0.29, 0.717) is 0 Å². The van der Waals surface area contributed by atoms with Gasteiger partial charge in [-0.05, 0) is 42.0 Å². The lowest BCUT2D eigenvalue weighted by Crippen LogP contribution is -2.09. The number of nitrogens with zero attached hydrogens (tertiary/aromatic N) is 6. The fraction of sp³-hybridized carbons (Fsp3) is 0.214. The molecule has 1 N–H and O–H groups in total. The highest BCUT2D eigenvalue weighted by Gasteiger charge is 2.09. The minimum atomic E-state index is 0.0585. The molecule has 106 valence electrons. The van der Waals surface area contributed by atoms with Crippen molar-refractivity contribution in [1.29, 1.82) is 0 Å². The highest BCUT2D eigenvalue weighted by Crippen LogP contribution is 2.22. The Kier molecular flexibility index (Phi) is 3.55. The van der Waals surface area contributed by atoms with Crippen molar-refractivity contribution in [3.8, 4) is 5.69 Å². The molecule has 1 aromatic carbocycles. The maximum absolute atomic E-state index is 4.30. The van der Waals surface area contributed by atoms with Gasteiger partial charge in [-0.1, -0.05) is 6.07 Å². The molecule has 7 nitrogen and oxygen atoms in total. The van der Waals surface area contributed by atoms with Gasteiger partial charge in [0.05, 0.1) is 23.6 Å². The molecule has 0 spiro atoms. The molecule has 0 saturated heterocycles. The summed E-state index contributed by atoms with van der Waals surface area (Å²) in [6, 6.07) is 6.13. The normalized spacial score (nSPS) is 12.1. The van der Waals surface area contributed by atoms with Crippen LogP contribution in [0.3, 0.4) is 0 Å². The molecule has 3 aromatic rings. The summed E-state index contributed by atoms with van der Waals surface area (Å²) in [6.45, 7) is 4.06. The van der Waals surface area contributed by atoms with Gasteiger partial charge in [0.15, 0.2) is 0 Å². The van der Waals surface area contributed by atoms with Crippen LogP contribution in [0.5, 0.6) is 0 Å². The second-order valence-corrected chi connectivity index (χ2v) is 4.75. The summed E-state index contributed by atoms with van der Waals surface area (Å²) >= 11 is 0. The highest BCUT2D eigenvalue weighted by molar-refractivity contribution is 5.55. The third-order valence-corrected chi connectivity index (χ3v) is 3.21. The van der Waals surface area contributed by atoms with Gasteiger partial charge in [-0.2, -0.15) is 0 Å². The average molecular weight is 281 g/mol. The van der Waals surface area contributed by atoms with Gasteiger partial charge in [-0.3, -0.25) is 9.97 Å². The Hall–Kier alpha value is -2.83. The van der Waals surface area contributed by atoms with E-state index in [-0.39, 0.29) is 6.04 Å². The number of nitrogens with one attached hydrogen (secondary N) is 1. The topological polar surface area (TPSA) is 81.4 Å². The molecule has 2 aromatic heterocycles. The summed E-state index contributed by atoms with van der Waals surface area (Å²) in [5.74, 6) is 0. The molecule has 1 unspecified atom stereocenters. The molecule has 0 radical (unpaired) electrons. The number of aromatic nitrogens is 6. The fourth-order valence-corrected chi connectivity index (χ4v) is 2.08. The highest BCUT2D eigenvalue weighted by atomic mass is 15.5. The average Bonchev–Trinajstić information content (AvgIpc) is 3.04. The zero-order valence-corrected chi connectivity index (χ0v) is 11.8. The lowest BCUT2D eigenvalue weighted by molar-refractivity contribution is 0.784. The van der Waals surface area contributed by atoms with Crippen molar-refractivity contribution >= 4 is 5.69 Å². The van der Waals surface area contributed by atoms with Crippen molar-refractivity contribution in [3.63, 3.8) is 0 Å². The molecule has 3 rings (SSSR count). The van der Waals surface area contributed by atoms with E-state index < -0.39 is 0 Å². The SMILES string of the molecule is Cc1ccc(NC(C)c2cnccn2)cc1-n1cnnn1. The number of hydrogen-bond donors (Lipinski definition) is 1. The summed E-state index contributed by atoms with van der Waals surface area (Å²) in [5, 5.41) is 14.7. The zero-order chi connectivity index (χ0) is 14.7. The van der Waals surface area contributed by atoms with Crippen LogP contribution in [0.2, 0.25) is 0 Å². The molecule has 2 heterocycles.